The van der Waals surface area contributed by atoms with Crippen molar-refractivity contribution >= 4 is 16.9 Å². The van der Waals surface area contributed by atoms with E-state index in [9.17, 15) is 0 Å². The van der Waals surface area contributed by atoms with Crippen LogP contribution in [0.25, 0.3) is 5.57 Å². The average Bonchev–Trinajstić information content (AvgIpc) is 2.51. The molecule has 62 valence electrons. The summed E-state index contributed by atoms with van der Waals surface area (Å²) < 4.78 is 0. The highest BCUT2D eigenvalue weighted by atomic mass is 32.1. The average molecular weight is 177 g/mol. The molecule has 0 aliphatic carbocycles. The van der Waals surface area contributed by atoms with Gasteiger partial charge in [-0.05, 0) is 34.0 Å². The molecule has 1 aromatic heterocycles. The van der Waals surface area contributed by atoms with Crippen molar-refractivity contribution < 1.29 is 0 Å². The SMILES string of the molecule is C=C(N)/C=C\C(=C)c1ccsc1. The molecule has 1 aromatic rings. The van der Waals surface area contributed by atoms with Crippen LogP contribution in [0.4, 0.5) is 0 Å². The predicted molar refractivity (Wildman–Crippen MR) is 55.8 cm³/mol. The molecule has 0 amide bonds. The van der Waals surface area contributed by atoms with Crippen molar-refractivity contribution in [3.63, 3.8) is 0 Å². The molecule has 1 heterocycles. The smallest absolute Gasteiger partial charge is 0.0241 e. The van der Waals surface area contributed by atoms with Gasteiger partial charge in [0.1, 0.15) is 0 Å². The fourth-order valence-electron chi connectivity index (χ4n) is 0.751. The molecule has 0 aromatic carbocycles. The Hall–Kier alpha value is -1.28. The van der Waals surface area contributed by atoms with Crippen LogP contribution in [0.2, 0.25) is 0 Å². The summed E-state index contributed by atoms with van der Waals surface area (Å²) in [7, 11) is 0. The van der Waals surface area contributed by atoms with E-state index in [2.05, 4.69) is 13.2 Å². The van der Waals surface area contributed by atoms with E-state index < -0.39 is 0 Å². The van der Waals surface area contributed by atoms with Gasteiger partial charge in [0.15, 0.2) is 0 Å². The van der Waals surface area contributed by atoms with E-state index in [0.29, 0.717) is 5.70 Å². The Morgan fingerprint density at radius 2 is 2.17 bits per heavy atom. The van der Waals surface area contributed by atoms with Gasteiger partial charge in [-0.1, -0.05) is 19.2 Å². The van der Waals surface area contributed by atoms with Crippen LogP contribution in [0.1, 0.15) is 5.56 Å². The normalized spacial score (nSPS) is 10.3. The van der Waals surface area contributed by atoms with Crippen molar-refractivity contribution in [1.82, 2.24) is 0 Å². The topological polar surface area (TPSA) is 26.0 Å². The molecule has 1 nitrogen and oxygen atoms in total. The largest absolute Gasteiger partial charge is 0.399 e. The van der Waals surface area contributed by atoms with E-state index >= 15 is 0 Å². The highest BCUT2D eigenvalue weighted by Gasteiger charge is 1.93. The number of hydrogen-bond acceptors (Lipinski definition) is 2. The third kappa shape index (κ3) is 2.40. The van der Waals surface area contributed by atoms with E-state index in [1.165, 1.54) is 0 Å². The summed E-state index contributed by atoms with van der Waals surface area (Å²) in [4.78, 5) is 0. The van der Waals surface area contributed by atoms with Gasteiger partial charge in [0, 0.05) is 5.70 Å². The molecule has 0 fully saturated rings. The summed E-state index contributed by atoms with van der Waals surface area (Å²) in [6.07, 6.45) is 3.62. The zero-order chi connectivity index (χ0) is 8.97. The first kappa shape index (κ1) is 8.81. The van der Waals surface area contributed by atoms with Crippen LogP contribution >= 0.6 is 11.3 Å². The van der Waals surface area contributed by atoms with Crippen LogP contribution in [0.3, 0.4) is 0 Å². The van der Waals surface area contributed by atoms with E-state index in [1.54, 1.807) is 17.4 Å². The maximum absolute atomic E-state index is 5.37. The minimum Gasteiger partial charge on any atom is -0.399 e. The standard InChI is InChI=1S/C10H11NS/c1-8(3-4-9(2)11)10-5-6-12-7-10/h3-7H,1-2,11H2/b4-3-. The minimum absolute atomic E-state index is 0.548. The van der Waals surface area contributed by atoms with Gasteiger partial charge >= 0.3 is 0 Å². The van der Waals surface area contributed by atoms with Crippen molar-refractivity contribution in [1.29, 1.82) is 0 Å². The Labute approximate surface area is 76.5 Å². The molecule has 1 rings (SSSR count). The Morgan fingerprint density at radius 1 is 1.42 bits per heavy atom. The van der Waals surface area contributed by atoms with Crippen LogP contribution in [0, 0.1) is 0 Å². The summed E-state index contributed by atoms with van der Waals surface area (Å²) in [5, 5.41) is 4.07. The number of allylic oxidation sites excluding steroid dienone is 3. The zero-order valence-electron chi connectivity index (χ0n) is 6.79. The maximum atomic E-state index is 5.37. The van der Waals surface area contributed by atoms with Gasteiger partial charge in [-0.25, -0.2) is 0 Å². The van der Waals surface area contributed by atoms with Crippen LogP contribution < -0.4 is 5.73 Å². The van der Waals surface area contributed by atoms with Crippen molar-refractivity contribution in [2.75, 3.05) is 0 Å². The first-order chi connectivity index (χ1) is 5.70. The molecule has 0 radical (unpaired) electrons. The van der Waals surface area contributed by atoms with Crippen LogP contribution in [-0.4, -0.2) is 0 Å². The van der Waals surface area contributed by atoms with Crippen LogP contribution in [0.5, 0.6) is 0 Å². The summed E-state index contributed by atoms with van der Waals surface area (Å²) in [5.74, 6) is 0. The lowest BCUT2D eigenvalue weighted by atomic mass is 10.1. The summed E-state index contributed by atoms with van der Waals surface area (Å²) in [6.45, 7) is 7.45. The fourth-order valence-corrected chi connectivity index (χ4v) is 1.43. The summed E-state index contributed by atoms with van der Waals surface area (Å²) in [6, 6.07) is 2.02. The molecule has 2 heteroatoms. The van der Waals surface area contributed by atoms with Crippen molar-refractivity contribution in [3.8, 4) is 0 Å². The second-order valence-corrected chi connectivity index (χ2v) is 3.23. The molecule has 12 heavy (non-hydrogen) atoms. The Balaban J connectivity index is 2.68. The number of hydrogen-bond donors (Lipinski definition) is 1. The Bertz CT molecular complexity index is 307. The molecule has 0 bridgehead atoms. The maximum Gasteiger partial charge on any atom is 0.0241 e. The Morgan fingerprint density at radius 3 is 2.67 bits per heavy atom. The van der Waals surface area contributed by atoms with E-state index in [0.717, 1.165) is 11.1 Å². The van der Waals surface area contributed by atoms with E-state index in [4.69, 9.17) is 5.73 Å². The van der Waals surface area contributed by atoms with Crippen molar-refractivity contribution in [2.24, 2.45) is 5.73 Å². The molecular weight excluding hydrogens is 166 g/mol. The number of nitrogens with two attached hydrogens (primary N) is 1. The third-order valence-corrected chi connectivity index (χ3v) is 2.07. The second kappa shape index (κ2) is 3.93. The van der Waals surface area contributed by atoms with Crippen molar-refractivity contribution in [2.45, 2.75) is 0 Å². The lowest BCUT2D eigenvalue weighted by Gasteiger charge is -1.93. The highest BCUT2D eigenvalue weighted by Crippen LogP contribution is 2.16. The summed E-state index contributed by atoms with van der Waals surface area (Å²) >= 11 is 1.65. The van der Waals surface area contributed by atoms with Gasteiger partial charge in [0.25, 0.3) is 0 Å². The quantitative estimate of drug-likeness (QED) is 0.706. The van der Waals surface area contributed by atoms with Crippen LogP contribution in [-0.2, 0) is 0 Å². The van der Waals surface area contributed by atoms with Gasteiger partial charge in [0.2, 0.25) is 0 Å². The van der Waals surface area contributed by atoms with Gasteiger partial charge < -0.3 is 5.73 Å². The summed E-state index contributed by atoms with van der Waals surface area (Å²) in [5.41, 5.74) is 8.02. The molecule has 0 aliphatic heterocycles. The lowest BCUT2D eigenvalue weighted by molar-refractivity contribution is 1.45. The van der Waals surface area contributed by atoms with Gasteiger partial charge in [-0.3, -0.25) is 0 Å². The molecule has 2 N–H and O–H groups in total. The molecule has 0 spiro atoms. The van der Waals surface area contributed by atoms with Gasteiger partial charge in [-0.2, -0.15) is 11.3 Å². The van der Waals surface area contributed by atoms with E-state index in [1.807, 2.05) is 22.9 Å². The first-order valence-corrected chi connectivity index (χ1v) is 4.48. The van der Waals surface area contributed by atoms with Crippen molar-refractivity contribution in [3.05, 3.63) is 53.4 Å². The second-order valence-electron chi connectivity index (χ2n) is 2.45. The lowest BCUT2D eigenvalue weighted by Crippen LogP contribution is -1.88. The first-order valence-electron chi connectivity index (χ1n) is 3.54. The third-order valence-electron chi connectivity index (χ3n) is 1.39. The molecule has 0 atom stereocenters. The van der Waals surface area contributed by atoms with E-state index in [-0.39, 0.29) is 0 Å². The molecule has 0 saturated heterocycles. The monoisotopic (exact) mass is 177 g/mol. The highest BCUT2D eigenvalue weighted by molar-refractivity contribution is 7.08. The zero-order valence-corrected chi connectivity index (χ0v) is 7.60. The molecule has 0 aliphatic rings. The number of rotatable bonds is 3. The van der Waals surface area contributed by atoms with Crippen LogP contribution in [0.15, 0.2) is 47.8 Å². The number of thiophene rings is 1. The molecular formula is C10H11NS. The van der Waals surface area contributed by atoms with Gasteiger partial charge in [-0.15, -0.1) is 0 Å². The predicted octanol–water partition coefficient (Wildman–Crippen LogP) is 2.79. The minimum atomic E-state index is 0.548. The fraction of sp³-hybridized carbons (Fsp3) is 0. The Kier molecular flexibility index (Phi) is 2.88. The molecule has 0 unspecified atom stereocenters. The molecule has 0 saturated carbocycles. The van der Waals surface area contributed by atoms with Gasteiger partial charge in [0.05, 0.1) is 0 Å².